The zero-order chi connectivity index (χ0) is 13.1. The third-order valence-electron chi connectivity index (χ3n) is 3.26. The topological polar surface area (TPSA) is 15.3 Å². The Balaban J connectivity index is 2.36. The minimum absolute atomic E-state index is 1.14. The van der Waals surface area contributed by atoms with Crippen LogP contribution in [-0.2, 0) is 0 Å². The molecule has 0 heterocycles. The Bertz CT molecular complexity index is 284. The molecule has 0 saturated heterocycles. The number of nitrogens with zero attached hydrogens (tertiary/aromatic N) is 1. The van der Waals surface area contributed by atoms with Crippen molar-refractivity contribution in [3.8, 4) is 0 Å². The number of nitrogens with one attached hydrogen (secondary N) is 1. The lowest BCUT2D eigenvalue weighted by atomic mass is 10.2. The van der Waals surface area contributed by atoms with Gasteiger partial charge in [-0.3, -0.25) is 0 Å². The fraction of sp³-hybridized carbons (Fsp3) is 0.625. The third kappa shape index (κ3) is 6.06. The zero-order valence-corrected chi connectivity index (χ0v) is 12.0. The molecular weight excluding hydrogens is 220 g/mol. The molecule has 1 aromatic rings. The third-order valence-corrected chi connectivity index (χ3v) is 3.26. The Morgan fingerprint density at radius 3 is 2.33 bits per heavy atom. The van der Waals surface area contributed by atoms with E-state index >= 15 is 0 Å². The van der Waals surface area contributed by atoms with Gasteiger partial charge in [-0.15, -0.1) is 0 Å². The summed E-state index contributed by atoms with van der Waals surface area (Å²) >= 11 is 0. The SMILES string of the molecule is CCCCN(CCCCCNC)c1ccccc1. The van der Waals surface area contributed by atoms with Crippen LogP contribution in [0.15, 0.2) is 30.3 Å². The van der Waals surface area contributed by atoms with Crippen LogP contribution in [0.4, 0.5) is 5.69 Å². The minimum Gasteiger partial charge on any atom is -0.372 e. The smallest absolute Gasteiger partial charge is 0.0366 e. The highest BCUT2D eigenvalue weighted by Crippen LogP contribution is 2.15. The number of anilines is 1. The molecule has 0 radical (unpaired) electrons. The van der Waals surface area contributed by atoms with Gasteiger partial charge in [0.1, 0.15) is 0 Å². The van der Waals surface area contributed by atoms with Crippen LogP contribution in [0.2, 0.25) is 0 Å². The van der Waals surface area contributed by atoms with Crippen LogP contribution in [-0.4, -0.2) is 26.7 Å². The lowest BCUT2D eigenvalue weighted by Gasteiger charge is -2.24. The van der Waals surface area contributed by atoms with Gasteiger partial charge in [-0.25, -0.2) is 0 Å². The Hall–Kier alpha value is -1.02. The summed E-state index contributed by atoms with van der Waals surface area (Å²) < 4.78 is 0. The van der Waals surface area contributed by atoms with Gasteiger partial charge in [0.05, 0.1) is 0 Å². The first-order valence-corrected chi connectivity index (χ1v) is 7.33. The molecule has 1 aromatic carbocycles. The van der Waals surface area contributed by atoms with Crippen LogP contribution in [0, 0.1) is 0 Å². The molecule has 0 spiro atoms. The standard InChI is InChI=1S/C16H28N2/c1-3-4-14-18(15-10-6-9-13-17-2)16-11-7-5-8-12-16/h5,7-8,11-12,17H,3-4,6,9-10,13-15H2,1-2H3. The van der Waals surface area contributed by atoms with Crippen molar-refractivity contribution < 1.29 is 0 Å². The van der Waals surface area contributed by atoms with Gasteiger partial charge < -0.3 is 10.2 Å². The van der Waals surface area contributed by atoms with Gasteiger partial charge in [-0.2, -0.15) is 0 Å². The van der Waals surface area contributed by atoms with Crippen molar-refractivity contribution in [1.82, 2.24) is 5.32 Å². The van der Waals surface area contributed by atoms with Crippen LogP contribution < -0.4 is 10.2 Å². The van der Waals surface area contributed by atoms with Crippen LogP contribution in [0.1, 0.15) is 39.0 Å². The maximum atomic E-state index is 3.21. The predicted molar refractivity (Wildman–Crippen MR) is 81.3 cm³/mol. The normalized spacial score (nSPS) is 10.6. The van der Waals surface area contributed by atoms with Crippen LogP contribution in [0.25, 0.3) is 0 Å². The van der Waals surface area contributed by atoms with Gasteiger partial charge in [0, 0.05) is 18.8 Å². The molecule has 0 aliphatic rings. The molecule has 0 amide bonds. The molecule has 0 aliphatic heterocycles. The van der Waals surface area contributed by atoms with Crippen molar-refractivity contribution in [2.75, 3.05) is 31.6 Å². The van der Waals surface area contributed by atoms with Gasteiger partial charge in [0.15, 0.2) is 0 Å². The molecule has 0 bridgehead atoms. The zero-order valence-electron chi connectivity index (χ0n) is 12.0. The highest BCUT2D eigenvalue weighted by Gasteiger charge is 2.04. The van der Waals surface area contributed by atoms with E-state index in [2.05, 4.69) is 47.5 Å². The van der Waals surface area contributed by atoms with Crippen molar-refractivity contribution in [2.45, 2.75) is 39.0 Å². The molecule has 2 heteroatoms. The summed E-state index contributed by atoms with van der Waals surface area (Å²) in [6, 6.07) is 10.8. The highest BCUT2D eigenvalue weighted by atomic mass is 15.1. The molecule has 18 heavy (non-hydrogen) atoms. The van der Waals surface area contributed by atoms with Gasteiger partial charge in [0.25, 0.3) is 0 Å². The van der Waals surface area contributed by atoms with E-state index < -0.39 is 0 Å². The van der Waals surface area contributed by atoms with E-state index in [4.69, 9.17) is 0 Å². The van der Waals surface area contributed by atoms with Crippen LogP contribution >= 0.6 is 0 Å². The number of benzene rings is 1. The van der Waals surface area contributed by atoms with Crippen molar-refractivity contribution in [3.63, 3.8) is 0 Å². The van der Waals surface area contributed by atoms with Gasteiger partial charge >= 0.3 is 0 Å². The lowest BCUT2D eigenvalue weighted by Crippen LogP contribution is -2.25. The van der Waals surface area contributed by atoms with Crippen LogP contribution in [0.5, 0.6) is 0 Å². The molecule has 0 aliphatic carbocycles. The minimum atomic E-state index is 1.14. The summed E-state index contributed by atoms with van der Waals surface area (Å²) in [5.74, 6) is 0. The average molecular weight is 248 g/mol. The fourth-order valence-corrected chi connectivity index (χ4v) is 2.14. The van der Waals surface area contributed by atoms with E-state index in [-0.39, 0.29) is 0 Å². The second-order valence-corrected chi connectivity index (χ2v) is 4.84. The predicted octanol–water partition coefficient (Wildman–Crippen LogP) is 3.68. The number of para-hydroxylation sites is 1. The molecule has 0 saturated carbocycles. The first-order valence-electron chi connectivity index (χ1n) is 7.33. The lowest BCUT2D eigenvalue weighted by molar-refractivity contribution is 0.617. The van der Waals surface area contributed by atoms with Crippen molar-refractivity contribution in [2.24, 2.45) is 0 Å². The second-order valence-electron chi connectivity index (χ2n) is 4.84. The molecule has 0 unspecified atom stereocenters. The summed E-state index contributed by atoms with van der Waals surface area (Å²) in [4.78, 5) is 2.53. The van der Waals surface area contributed by atoms with E-state index in [0.29, 0.717) is 0 Å². The van der Waals surface area contributed by atoms with E-state index in [1.54, 1.807) is 0 Å². The molecule has 0 atom stereocenters. The molecule has 102 valence electrons. The van der Waals surface area contributed by atoms with Crippen molar-refractivity contribution >= 4 is 5.69 Å². The maximum absolute atomic E-state index is 3.21. The maximum Gasteiger partial charge on any atom is 0.0366 e. The molecule has 1 rings (SSSR count). The first kappa shape index (κ1) is 15.0. The van der Waals surface area contributed by atoms with E-state index in [1.807, 2.05) is 7.05 Å². The number of hydrogen-bond acceptors (Lipinski definition) is 2. The Morgan fingerprint density at radius 1 is 0.944 bits per heavy atom. The summed E-state index contributed by atoms with van der Waals surface area (Å²) in [7, 11) is 2.03. The van der Waals surface area contributed by atoms with E-state index in [0.717, 1.165) is 6.54 Å². The molecule has 0 aromatic heterocycles. The summed E-state index contributed by atoms with van der Waals surface area (Å²) in [5.41, 5.74) is 1.37. The van der Waals surface area contributed by atoms with E-state index in [1.165, 1.54) is 50.9 Å². The second kappa shape index (κ2) is 9.95. The number of unbranched alkanes of at least 4 members (excludes halogenated alkanes) is 3. The van der Waals surface area contributed by atoms with Crippen LogP contribution in [0.3, 0.4) is 0 Å². The van der Waals surface area contributed by atoms with Gasteiger partial charge in [-0.1, -0.05) is 38.0 Å². The monoisotopic (exact) mass is 248 g/mol. The average Bonchev–Trinajstić information content (AvgIpc) is 2.43. The Morgan fingerprint density at radius 2 is 1.67 bits per heavy atom. The molecule has 2 nitrogen and oxygen atoms in total. The van der Waals surface area contributed by atoms with Crippen molar-refractivity contribution in [3.05, 3.63) is 30.3 Å². The first-order chi connectivity index (χ1) is 8.88. The molecular formula is C16H28N2. The molecule has 0 fully saturated rings. The van der Waals surface area contributed by atoms with Gasteiger partial charge in [0.2, 0.25) is 0 Å². The quantitative estimate of drug-likeness (QED) is 0.635. The van der Waals surface area contributed by atoms with Crippen molar-refractivity contribution in [1.29, 1.82) is 0 Å². The van der Waals surface area contributed by atoms with Gasteiger partial charge in [-0.05, 0) is 45.0 Å². The fourth-order valence-electron chi connectivity index (χ4n) is 2.14. The number of rotatable bonds is 10. The summed E-state index contributed by atoms with van der Waals surface area (Å²) in [6.07, 6.45) is 6.44. The molecule has 1 N–H and O–H groups in total. The highest BCUT2D eigenvalue weighted by molar-refractivity contribution is 5.45. The summed E-state index contributed by atoms with van der Waals surface area (Å²) in [5, 5.41) is 3.21. The Kier molecular flexibility index (Phi) is 8.32. The number of hydrogen-bond donors (Lipinski definition) is 1. The largest absolute Gasteiger partial charge is 0.372 e. The van der Waals surface area contributed by atoms with E-state index in [9.17, 15) is 0 Å². The Labute approximate surface area is 112 Å². The summed E-state index contributed by atoms with van der Waals surface area (Å²) in [6.45, 7) is 5.77.